The number of aromatic nitrogens is 2. The van der Waals surface area contributed by atoms with Crippen molar-refractivity contribution in [3.05, 3.63) is 61.4 Å². The molecule has 0 aliphatic rings. The summed E-state index contributed by atoms with van der Waals surface area (Å²) in [6, 6.07) is 3.31. The zero-order valence-electron chi connectivity index (χ0n) is 13.2. The van der Waals surface area contributed by atoms with Gasteiger partial charge in [-0.05, 0) is 18.2 Å². The molecule has 0 aliphatic carbocycles. The predicted octanol–water partition coefficient (Wildman–Crippen LogP) is 0.340. The molecule has 1 atom stereocenters. The number of alkyl halides is 3. The topological polar surface area (TPSA) is 125 Å². The Hall–Kier alpha value is -2.64. The van der Waals surface area contributed by atoms with E-state index in [0.717, 1.165) is 25.3 Å². The second-order valence-electron chi connectivity index (χ2n) is 4.85. The van der Waals surface area contributed by atoms with Crippen molar-refractivity contribution in [2.24, 2.45) is 0 Å². The van der Waals surface area contributed by atoms with E-state index in [1.165, 1.54) is 0 Å². The van der Waals surface area contributed by atoms with Crippen LogP contribution in [0, 0.1) is 0 Å². The lowest BCUT2D eigenvalue weighted by atomic mass is 10.2. The largest absolute Gasteiger partial charge is 0.433 e. The number of nitrogens with zero attached hydrogens (tertiary/aromatic N) is 2. The van der Waals surface area contributed by atoms with Crippen LogP contribution in [-0.2, 0) is 21.6 Å². The summed E-state index contributed by atoms with van der Waals surface area (Å²) in [6.45, 7) is 0. The number of rotatable bonds is 4. The van der Waals surface area contributed by atoms with Crippen molar-refractivity contribution in [1.82, 2.24) is 14.0 Å². The molecule has 0 bridgehead atoms. The number of amides is 1. The summed E-state index contributed by atoms with van der Waals surface area (Å²) in [4.78, 5) is 36.2. The standard InChI is InChI=1S/C13H10ClF3N4O5S/c1-26-27(25)19-11(23)7-4-6(2-3-8(7)14)20-10(22)5-9(13(15,16)17)21(18)12(20)24/h2-5H,18H2,1H3,(H,19,23). The molecule has 1 aromatic carbocycles. The normalized spacial score (nSPS) is 12.6. The number of nitrogens with two attached hydrogens (primary N) is 1. The van der Waals surface area contributed by atoms with E-state index in [9.17, 15) is 31.8 Å². The summed E-state index contributed by atoms with van der Waals surface area (Å²) >= 11 is 3.68. The van der Waals surface area contributed by atoms with Crippen LogP contribution in [0.25, 0.3) is 5.69 Å². The predicted molar refractivity (Wildman–Crippen MR) is 89.1 cm³/mol. The minimum atomic E-state index is -5.03. The van der Waals surface area contributed by atoms with Gasteiger partial charge in [0.2, 0.25) is 0 Å². The quantitative estimate of drug-likeness (QED) is 0.679. The van der Waals surface area contributed by atoms with Gasteiger partial charge in [-0.1, -0.05) is 11.6 Å². The molecule has 3 N–H and O–H groups in total. The average Bonchev–Trinajstić information content (AvgIpc) is 2.58. The van der Waals surface area contributed by atoms with Gasteiger partial charge >= 0.3 is 11.9 Å². The molecule has 0 fully saturated rings. The van der Waals surface area contributed by atoms with Crippen LogP contribution in [0.5, 0.6) is 0 Å². The molecule has 0 radical (unpaired) electrons. The smallest absolute Gasteiger partial charge is 0.335 e. The Kier molecular flexibility index (Phi) is 5.77. The molecule has 0 aliphatic heterocycles. The van der Waals surface area contributed by atoms with Crippen LogP contribution in [0.15, 0.2) is 33.9 Å². The minimum absolute atomic E-state index is 0.135. The zero-order valence-corrected chi connectivity index (χ0v) is 14.8. The van der Waals surface area contributed by atoms with Crippen LogP contribution >= 0.6 is 11.6 Å². The summed E-state index contributed by atoms with van der Waals surface area (Å²) in [5, 5.41) is -0.141. The molecule has 9 nitrogen and oxygen atoms in total. The van der Waals surface area contributed by atoms with Crippen LogP contribution in [0.4, 0.5) is 13.2 Å². The molecule has 2 rings (SSSR count). The first-order valence-electron chi connectivity index (χ1n) is 6.76. The van der Waals surface area contributed by atoms with Crippen molar-refractivity contribution < 1.29 is 26.4 Å². The Balaban J connectivity index is 2.64. The zero-order chi connectivity index (χ0) is 20.5. The van der Waals surface area contributed by atoms with Gasteiger partial charge in [-0.3, -0.25) is 13.8 Å². The first-order valence-corrected chi connectivity index (χ1v) is 8.21. The van der Waals surface area contributed by atoms with Gasteiger partial charge < -0.3 is 5.84 Å². The van der Waals surface area contributed by atoms with E-state index in [-0.39, 0.29) is 27.0 Å². The summed E-state index contributed by atoms with van der Waals surface area (Å²) in [5.41, 5.74) is -5.06. The van der Waals surface area contributed by atoms with E-state index >= 15 is 0 Å². The monoisotopic (exact) mass is 426 g/mol. The number of hydrogen-bond donors (Lipinski definition) is 2. The van der Waals surface area contributed by atoms with Crippen LogP contribution in [-0.4, -0.2) is 26.5 Å². The third-order valence-electron chi connectivity index (χ3n) is 3.21. The third kappa shape index (κ3) is 4.20. The maximum Gasteiger partial charge on any atom is 0.433 e. The van der Waals surface area contributed by atoms with E-state index in [0.29, 0.717) is 4.57 Å². The fourth-order valence-corrected chi connectivity index (χ4v) is 2.56. The Morgan fingerprint density at radius 1 is 1.30 bits per heavy atom. The third-order valence-corrected chi connectivity index (χ3v) is 4.19. The van der Waals surface area contributed by atoms with Crippen molar-refractivity contribution in [2.75, 3.05) is 13.0 Å². The highest BCUT2D eigenvalue weighted by Gasteiger charge is 2.35. The van der Waals surface area contributed by atoms with Crippen molar-refractivity contribution in [2.45, 2.75) is 6.18 Å². The summed E-state index contributed by atoms with van der Waals surface area (Å²) in [6.07, 6.45) is -5.03. The first kappa shape index (κ1) is 20.7. The fourth-order valence-electron chi connectivity index (χ4n) is 2.01. The van der Waals surface area contributed by atoms with Crippen LogP contribution in [0.1, 0.15) is 16.1 Å². The van der Waals surface area contributed by atoms with Crippen LogP contribution in [0.3, 0.4) is 0 Å². The molecule has 0 saturated heterocycles. The molecule has 1 aromatic heterocycles. The van der Waals surface area contributed by atoms with E-state index in [1.54, 1.807) is 0 Å². The van der Waals surface area contributed by atoms with Crippen molar-refractivity contribution >= 4 is 28.8 Å². The molecule has 2 aromatic rings. The van der Waals surface area contributed by atoms with Gasteiger partial charge in [0.25, 0.3) is 22.7 Å². The maximum absolute atomic E-state index is 12.8. The van der Waals surface area contributed by atoms with Crippen molar-refractivity contribution in [3.8, 4) is 5.69 Å². The Bertz CT molecular complexity index is 1050. The summed E-state index contributed by atoms with van der Waals surface area (Å²) in [5.74, 6) is 4.17. The van der Waals surface area contributed by atoms with E-state index in [1.807, 2.05) is 4.72 Å². The van der Waals surface area contributed by atoms with Crippen LogP contribution in [0.2, 0.25) is 5.02 Å². The van der Waals surface area contributed by atoms with Gasteiger partial charge in [0.1, 0.15) is 0 Å². The van der Waals surface area contributed by atoms with Gasteiger partial charge in [-0.15, -0.1) is 0 Å². The Morgan fingerprint density at radius 3 is 2.48 bits per heavy atom. The molecule has 1 heterocycles. The first-order chi connectivity index (χ1) is 12.5. The fraction of sp³-hybridized carbons (Fsp3) is 0.154. The molecular formula is C13H10ClF3N4O5S. The van der Waals surface area contributed by atoms with Crippen molar-refractivity contribution in [1.29, 1.82) is 0 Å². The van der Waals surface area contributed by atoms with Gasteiger partial charge in [-0.25, -0.2) is 23.0 Å². The molecule has 0 saturated carbocycles. The summed E-state index contributed by atoms with van der Waals surface area (Å²) < 4.78 is 56.0. The van der Waals surface area contributed by atoms with Gasteiger partial charge in [0, 0.05) is 6.07 Å². The number of halogens is 4. The van der Waals surface area contributed by atoms with E-state index in [2.05, 4.69) is 4.18 Å². The lowest BCUT2D eigenvalue weighted by Gasteiger charge is -2.14. The molecule has 1 unspecified atom stereocenters. The molecule has 27 heavy (non-hydrogen) atoms. The Morgan fingerprint density at radius 2 is 1.93 bits per heavy atom. The minimum Gasteiger partial charge on any atom is -0.335 e. The highest BCUT2D eigenvalue weighted by molar-refractivity contribution is 7.78. The van der Waals surface area contributed by atoms with Gasteiger partial charge in [-0.2, -0.15) is 13.2 Å². The van der Waals surface area contributed by atoms with E-state index < -0.39 is 40.3 Å². The number of nitrogens with one attached hydrogen (secondary N) is 1. The maximum atomic E-state index is 12.8. The molecule has 146 valence electrons. The molecule has 14 heteroatoms. The highest BCUT2D eigenvalue weighted by Crippen LogP contribution is 2.26. The summed E-state index contributed by atoms with van der Waals surface area (Å²) in [7, 11) is 1.06. The van der Waals surface area contributed by atoms with Gasteiger partial charge in [0.15, 0.2) is 5.69 Å². The number of benzene rings is 1. The van der Waals surface area contributed by atoms with Crippen LogP contribution < -0.4 is 21.8 Å². The molecule has 0 spiro atoms. The SMILES string of the molecule is COS(=O)NC(=O)c1cc(-n2c(=O)cc(C(F)(F)F)n(N)c2=O)ccc1Cl. The molecule has 1 amide bonds. The lowest BCUT2D eigenvalue weighted by molar-refractivity contribution is -0.143. The number of carbonyl (C=O) groups is 1. The van der Waals surface area contributed by atoms with E-state index in [4.69, 9.17) is 17.4 Å². The Labute approximate surface area is 155 Å². The van der Waals surface area contributed by atoms with Gasteiger partial charge in [0.05, 0.1) is 23.4 Å². The van der Waals surface area contributed by atoms with Crippen molar-refractivity contribution in [3.63, 3.8) is 0 Å². The number of carbonyl (C=O) groups excluding carboxylic acids is 1. The number of hydrogen-bond acceptors (Lipinski definition) is 6. The lowest BCUT2D eigenvalue weighted by Crippen LogP contribution is -2.45. The highest BCUT2D eigenvalue weighted by atomic mass is 35.5. The number of nitrogen functional groups attached to an aromatic ring is 1. The second kappa shape index (κ2) is 7.54. The average molecular weight is 427 g/mol. The molecular weight excluding hydrogens is 417 g/mol. The second-order valence-corrected chi connectivity index (χ2v) is 6.26.